The Morgan fingerprint density at radius 2 is 1.63 bits per heavy atom. The molecule has 4 rings (SSSR count). The number of benzene rings is 3. The quantitative estimate of drug-likeness (QED) is 0.673. The van der Waals surface area contributed by atoms with Gasteiger partial charge in [-0.05, 0) is 66.8 Å². The minimum absolute atomic E-state index is 0.0357. The van der Waals surface area contributed by atoms with Crippen LogP contribution in [0, 0.1) is 19.8 Å². The highest BCUT2D eigenvalue weighted by Crippen LogP contribution is 2.27. The van der Waals surface area contributed by atoms with E-state index < -0.39 is 10.0 Å². The number of hydrogen-bond donors (Lipinski definition) is 1. The zero-order valence-electron chi connectivity index (χ0n) is 17.3. The van der Waals surface area contributed by atoms with E-state index in [1.165, 1.54) is 4.31 Å². The van der Waals surface area contributed by atoms with Crippen LogP contribution in [0.3, 0.4) is 0 Å². The van der Waals surface area contributed by atoms with Crippen LogP contribution >= 0.6 is 0 Å². The molecule has 0 atom stereocenters. The first-order chi connectivity index (χ1) is 14.3. The van der Waals surface area contributed by atoms with Gasteiger partial charge in [0.2, 0.25) is 15.9 Å². The Bertz CT molecular complexity index is 1200. The summed E-state index contributed by atoms with van der Waals surface area (Å²) in [6.45, 7) is 4.65. The molecule has 0 aromatic heterocycles. The Hall–Kier alpha value is -2.70. The molecule has 0 bridgehead atoms. The summed E-state index contributed by atoms with van der Waals surface area (Å²) in [7, 11) is -3.57. The number of nitrogens with one attached hydrogen (secondary N) is 1. The molecule has 3 aromatic rings. The van der Waals surface area contributed by atoms with Crippen molar-refractivity contribution in [2.24, 2.45) is 5.92 Å². The zero-order chi connectivity index (χ0) is 21.3. The van der Waals surface area contributed by atoms with E-state index in [1.807, 2.05) is 62.4 Å². The number of carbonyl (C=O) groups excluding carboxylic acids is 1. The summed E-state index contributed by atoms with van der Waals surface area (Å²) >= 11 is 0. The molecule has 1 saturated heterocycles. The first-order valence-corrected chi connectivity index (χ1v) is 11.7. The van der Waals surface area contributed by atoms with Crippen LogP contribution in [0.2, 0.25) is 0 Å². The fourth-order valence-corrected chi connectivity index (χ4v) is 5.45. The number of hydrogen-bond acceptors (Lipinski definition) is 3. The number of rotatable bonds is 4. The Kier molecular flexibility index (Phi) is 5.62. The first-order valence-electron chi connectivity index (χ1n) is 10.2. The van der Waals surface area contributed by atoms with E-state index in [1.54, 1.807) is 12.1 Å². The van der Waals surface area contributed by atoms with Gasteiger partial charge in [-0.3, -0.25) is 4.79 Å². The van der Waals surface area contributed by atoms with Crippen molar-refractivity contribution < 1.29 is 13.2 Å². The molecule has 5 nitrogen and oxygen atoms in total. The third-order valence-corrected chi connectivity index (χ3v) is 7.73. The molecular formula is C24H26N2O3S. The van der Waals surface area contributed by atoms with Gasteiger partial charge in [0.05, 0.1) is 4.90 Å². The number of aryl methyl sites for hydroxylation is 2. The van der Waals surface area contributed by atoms with Crippen LogP contribution in [-0.4, -0.2) is 31.7 Å². The molecule has 30 heavy (non-hydrogen) atoms. The molecule has 0 radical (unpaired) electrons. The molecule has 1 amide bonds. The van der Waals surface area contributed by atoms with E-state index in [0.717, 1.165) is 27.6 Å². The molecule has 3 aromatic carbocycles. The van der Waals surface area contributed by atoms with Gasteiger partial charge in [0.1, 0.15) is 0 Å². The average molecular weight is 423 g/mol. The van der Waals surface area contributed by atoms with Crippen LogP contribution in [0.1, 0.15) is 24.0 Å². The molecule has 1 aliphatic rings. The fourth-order valence-electron chi connectivity index (χ4n) is 3.94. The van der Waals surface area contributed by atoms with Gasteiger partial charge in [-0.1, -0.05) is 42.5 Å². The zero-order valence-corrected chi connectivity index (χ0v) is 18.1. The molecule has 0 unspecified atom stereocenters. The third-order valence-electron chi connectivity index (χ3n) is 5.83. The maximum Gasteiger partial charge on any atom is 0.243 e. The smallest absolute Gasteiger partial charge is 0.243 e. The van der Waals surface area contributed by atoms with Crippen LogP contribution in [0.4, 0.5) is 5.69 Å². The summed E-state index contributed by atoms with van der Waals surface area (Å²) < 4.78 is 27.7. The number of sulfonamides is 1. The standard InChI is InChI=1S/C24H26N2O3S/c1-17-7-8-18(2)23(15-17)25-24(27)20-11-13-26(14-12-20)30(28,29)22-10-9-19-5-3-4-6-21(19)16-22/h3-10,15-16,20H,11-14H2,1-2H3,(H,25,27). The van der Waals surface area contributed by atoms with Crippen molar-refractivity contribution in [3.8, 4) is 0 Å². The number of carbonyl (C=O) groups is 1. The van der Waals surface area contributed by atoms with Crippen molar-refractivity contribution in [3.63, 3.8) is 0 Å². The summed E-state index contributed by atoms with van der Waals surface area (Å²) in [4.78, 5) is 13.0. The molecule has 156 valence electrons. The number of nitrogens with zero attached hydrogens (tertiary/aromatic N) is 1. The van der Waals surface area contributed by atoms with Crippen molar-refractivity contribution in [1.82, 2.24) is 4.31 Å². The van der Waals surface area contributed by atoms with Gasteiger partial charge in [0.25, 0.3) is 0 Å². The lowest BCUT2D eigenvalue weighted by molar-refractivity contribution is -0.120. The van der Waals surface area contributed by atoms with Crippen LogP contribution < -0.4 is 5.32 Å². The number of anilines is 1. The summed E-state index contributed by atoms with van der Waals surface area (Å²) in [6.07, 6.45) is 1.03. The third kappa shape index (κ3) is 4.11. The monoisotopic (exact) mass is 422 g/mol. The fraction of sp³-hybridized carbons (Fsp3) is 0.292. The van der Waals surface area contributed by atoms with Crippen molar-refractivity contribution in [3.05, 3.63) is 71.8 Å². The van der Waals surface area contributed by atoms with Gasteiger partial charge in [0, 0.05) is 24.7 Å². The van der Waals surface area contributed by atoms with Crippen molar-refractivity contribution in [2.75, 3.05) is 18.4 Å². The average Bonchev–Trinajstić information content (AvgIpc) is 2.76. The van der Waals surface area contributed by atoms with E-state index in [-0.39, 0.29) is 11.8 Å². The van der Waals surface area contributed by atoms with Gasteiger partial charge in [-0.25, -0.2) is 8.42 Å². The Balaban J connectivity index is 1.44. The highest BCUT2D eigenvalue weighted by molar-refractivity contribution is 7.89. The summed E-state index contributed by atoms with van der Waals surface area (Å²) in [5.74, 6) is -0.223. The van der Waals surface area contributed by atoms with Gasteiger partial charge >= 0.3 is 0 Å². The molecule has 0 spiro atoms. The Labute approximate surface area is 177 Å². The van der Waals surface area contributed by atoms with Crippen LogP contribution in [-0.2, 0) is 14.8 Å². The molecule has 1 heterocycles. The van der Waals surface area contributed by atoms with Crippen molar-refractivity contribution >= 4 is 32.4 Å². The van der Waals surface area contributed by atoms with E-state index in [9.17, 15) is 13.2 Å². The summed E-state index contributed by atoms with van der Waals surface area (Å²) in [5, 5.41) is 4.94. The van der Waals surface area contributed by atoms with Gasteiger partial charge in [0.15, 0.2) is 0 Å². The summed E-state index contributed by atoms with van der Waals surface area (Å²) in [5.41, 5.74) is 2.93. The second-order valence-corrected chi connectivity index (χ2v) is 9.93. The Morgan fingerprint density at radius 3 is 2.37 bits per heavy atom. The lowest BCUT2D eigenvalue weighted by Gasteiger charge is -2.30. The number of fused-ring (bicyclic) bond motifs is 1. The minimum atomic E-state index is -3.57. The molecular weight excluding hydrogens is 396 g/mol. The predicted molar refractivity (Wildman–Crippen MR) is 120 cm³/mol. The van der Waals surface area contributed by atoms with E-state index in [0.29, 0.717) is 30.8 Å². The molecule has 1 aliphatic heterocycles. The van der Waals surface area contributed by atoms with Gasteiger partial charge < -0.3 is 5.32 Å². The molecule has 6 heteroatoms. The van der Waals surface area contributed by atoms with Crippen LogP contribution in [0.5, 0.6) is 0 Å². The maximum atomic E-state index is 13.1. The lowest BCUT2D eigenvalue weighted by atomic mass is 9.97. The Morgan fingerprint density at radius 1 is 0.933 bits per heavy atom. The summed E-state index contributed by atoms with van der Waals surface area (Å²) in [6, 6.07) is 18.9. The SMILES string of the molecule is Cc1ccc(C)c(NC(=O)C2CCN(S(=O)(=O)c3ccc4ccccc4c3)CC2)c1. The highest BCUT2D eigenvalue weighted by Gasteiger charge is 2.32. The van der Waals surface area contributed by atoms with Gasteiger partial charge in [-0.2, -0.15) is 4.31 Å². The van der Waals surface area contributed by atoms with Crippen molar-refractivity contribution in [1.29, 1.82) is 0 Å². The topological polar surface area (TPSA) is 66.5 Å². The molecule has 0 aliphatic carbocycles. The van der Waals surface area contributed by atoms with Crippen LogP contribution in [0.25, 0.3) is 10.8 Å². The normalized spacial score (nSPS) is 15.9. The minimum Gasteiger partial charge on any atom is -0.326 e. The maximum absolute atomic E-state index is 13.1. The molecule has 0 saturated carbocycles. The largest absolute Gasteiger partial charge is 0.326 e. The number of piperidine rings is 1. The molecule has 1 N–H and O–H groups in total. The predicted octanol–water partition coefficient (Wildman–Crippen LogP) is 4.50. The van der Waals surface area contributed by atoms with E-state index >= 15 is 0 Å². The van der Waals surface area contributed by atoms with Crippen LogP contribution in [0.15, 0.2) is 65.6 Å². The van der Waals surface area contributed by atoms with Crippen molar-refractivity contribution in [2.45, 2.75) is 31.6 Å². The van der Waals surface area contributed by atoms with E-state index in [4.69, 9.17) is 0 Å². The first kappa shape index (κ1) is 20.6. The second-order valence-electron chi connectivity index (χ2n) is 7.99. The lowest BCUT2D eigenvalue weighted by Crippen LogP contribution is -2.41. The number of amides is 1. The highest BCUT2D eigenvalue weighted by atomic mass is 32.2. The van der Waals surface area contributed by atoms with E-state index in [2.05, 4.69) is 5.32 Å². The van der Waals surface area contributed by atoms with Gasteiger partial charge in [-0.15, -0.1) is 0 Å². The second kappa shape index (κ2) is 8.20. The molecule has 1 fully saturated rings.